The summed E-state index contributed by atoms with van der Waals surface area (Å²) in [6, 6.07) is 10.7. The molecule has 0 amide bonds. The Morgan fingerprint density at radius 1 is 1.42 bits per heavy atom. The summed E-state index contributed by atoms with van der Waals surface area (Å²) in [4.78, 5) is 0. The SMILES string of the molecule is CCc1cc(CC(NN)c2cccc(I)c2)n(C)n1. The molecule has 4 nitrogen and oxygen atoms in total. The predicted octanol–water partition coefficient (Wildman–Crippen LogP) is 2.33. The van der Waals surface area contributed by atoms with E-state index in [2.05, 4.69) is 70.4 Å². The van der Waals surface area contributed by atoms with Gasteiger partial charge in [-0.3, -0.25) is 16.0 Å². The highest BCUT2D eigenvalue weighted by molar-refractivity contribution is 14.1. The molecule has 2 rings (SSSR count). The summed E-state index contributed by atoms with van der Waals surface area (Å²) in [7, 11) is 1.98. The molecular formula is C14H19IN4. The molecule has 1 aromatic carbocycles. The highest BCUT2D eigenvalue weighted by Gasteiger charge is 2.14. The molecule has 1 atom stereocenters. The molecule has 3 N–H and O–H groups in total. The van der Waals surface area contributed by atoms with Crippen LogP contribution in [0.5, 0.6) is 0 Å². The number of nitrogens with one attached hydrogen (secondary N) is 1. The van der Waals surface area contributed by atoms with Crippen molar-refractivity contribution in [1.82, 2.24) is 15.2 Å². The average molecular weight is 370 g/mol. The van der Waals surface area contributed by atoms with Crippen LogP contribution in [0.1, 0.15) is 29.9 Å². The van der Waals surface area contributed by atoms with Crippen LogP contribution in [0.15, 0.2) is 30.3 Å². The number of halogens is 1. The number of hydrogen-bond acceptors (Lipinski definition) is 3. The molecule has 0 spiro atoms. The van der Waals surface area contributed by atoms with E-state index >= 15 is 0 Å². The Hall–Kier alpha value is -0.920. The first kappa shape index (κ1) is 14.5. The number of nitrogens with zero attached hydrogens (tertiary/aromatic N) is 2. The van der Waals surface area contributed by atoms with Gasteiger partial charge in [0.15, 0.2) is 0 Å². The van der Waals surface area contributed by atoms with E-state index in [0.29, 0.717) is 0 Å². The zero-order chi connectivity index (χ0) is 13.8. The quantitative estimate of drug-likeness (QED) is 0.483. The number of hydrogen-bond donors (Lipinski definition) is 2. The van der Waals surface area contributed by atoms with E-state index in [1.165, 1.54) is 14.8 Å². The Balaban J connectivity index is 2.21. The molecule has 5 heteroatoms. The van der Waals surface area contributed by atoms with Crippen molar-refractivity contribution in [2.45, 2.75) is 25.8 Å². The second kappa shape index (κ2) is 6.49. The minimum Gasteiger partial charge on any atom is -0.272 e. The predicted molar refractivity (Wildman–Crippen MR) is 85.5 cm³/mol. The number of benzene rings is 1. The van der Waals surface area contributed by atoms with E-state index in [4.69, 9.17) is 5.84 Å². The van der Waals surface area contributed by atoms with Crippen molar-refractivity contribution in [2.24, 2.45) is 12.9 Å². The summed E-state index contributed by atoms with van der Waals surface area (Å²) in [6.07, 6.45) is 1.79. The molecule has 0 radical (unpaired) electrons. The lowest BCUT2D eigenvalue weighted by Crippen LogP contribution is -2.30. The summed E-state index contributed by atoms with van der Waals surface area (Å²) in [6.45, 7) is 2.12. The van der Waals surface area contributed by atoms with Gasteiger partial charge in [0.25, 0.3) is 0 Å². The lowest BCUT2D eigenvalue weighted by atomic mass is 10.0. The third-order valence-corrected chi connectivity index (χ3v) is 3.93. The molecule has 0 aliphatic carbocycles. The fourth-order valence-electron chi connectivity index (χ4n) is 2.14. The average Bonchev–Trinajstić information content (AvgIpc) is 2.76. The second-order valence-electron chi connectivity index (χ2n) is 4.58. The normalized spacial score (nSPS) is 12.6. The van der Waals surface area contributed by atoms with Crippen LogP contribution in [0.2, 0.25) is 0 Å². The first-order valence-electron chi connectivity index (χ1n) is 6.37. The van der Waals surface area contributed by atoms with E-state index in [-0.39, 0.29) is 6.04 Å². The van der Waals surface area contributed by atoms with Crippen LogP contribution in [0.3, 0.4) is 0 Å². The highest BCUT2D eigenvalue weighted by atomic mass is 127. The summed E-state index contributed by atoms with van der Waals surface area (Å²) < 4.78 is 3.16. The molecule has 0 saturated heterocycles. The summed E-state index contributed by atoms with van der Waals surface area (Å²) in [5.74, 6) is 5.71. The smallest absolute Gasteiger partial charge is 0.0624 e. The van der Waals surface area contributed by atoms with Gasteiger partial charge in [0.1, 0.15) is 0 Å². The zero-order valence-corrected chi connectivity index (χ0v) is 13.4. The lowest BCUT2D eigenvalue weighted by molar-refractivity contribution is 0.529. The molecule has 0 aliphatic heterocycles. The molecule has 0 bridgehead atoms. The standard InChI is InChI=1S/C14H19IN4/c1-3-12-8-13(19(2)18-12)9-14(17-16)10-5-4-6-11(15)7-10/h4-8,14,17H,3,9,16H2,1-2H3. The largest absolute Gasteiger partial charge is 0.272 e. The maximum atomic E-state index is 5.71. The van der Waals surface area contributed by atoms with Gasteiger partial charge in [-0.15, -0.1) is 0 Å². The van der Waals surface area contributed by atoms with Crippen LogP contribution >= 0.6 is 22.6 Å². The van der Waals surface area contributed by atoms with Gasteiger partial charge in [-0.2, -0.15) is 5.10 Å². The fraction of sp³-hybridized carbons (Fsp3) is 0.357. The topological polar surface area (TPSA) is 55.9 Å². The molecule has 0 fully saturated rings. The van der Waals surface area contributed by atoms with Crippen LogP contribution in [-0.4, -0.2) is 9.78 Å². The van der Waals surface area contributed by atoms with Crippen LogP contribution in [-0.2, 0) is 19.9 Å². The molecule has 102 valence electrons. The zero-order valence-electron chi connectivity index (χ0n) is 11.2. The first-order chi connectivity index (χ1) is 9.13. The van der Waals surface area contributed by atoms with Crippen LogP contribution in [0, 0.1) is 3.57 Å². The molecular weight excluding hydrogens is 351 g/mol. The Morgan fingerprint density at radius 2 is 2.21 bits per heavy atom. The Labute approximate surface area is 127 Å². The number of hydrazine groups is 1. The molecule has 19 heavy (non-hydrogen) atoms. The third kappa shape index (κ3) is 3.55. The molecule has 1 unspecified atom stereocenters. The minimum absolute atomic E-state index is 0.106. The van der Waals surface area contributed by atoms with E-state index in [1.54, 1.807) is 0 Å². The van der Waals surface area contributed by atoms with Crippen molar-refractivity contribution in [1.29, 1.82) is 0 Å². The van der Waals surface area contributed by atoms with Gasteiger partial charge < -0.3 is 0 Å². The Bertz CT molecular complexity index is 550. The van der Waals surface area contributed by atoms with Crippen molar-refractivity contribution in [3.05, 3.63) is 50.9 Å². The van der Waals surface area contributed by atoms with Gasteiger partial charge in [-0.1, -0.05) is 19.1 Å². The molecule has 1 aromatic heterocycles. The second-order valence-corrected chi connectivity index (χ2v) is 5.83. The summed E-state index contributed by atoms with van der Waals surface area (Å²) >= 11 is 2.32. The van der Waals surface area contributed by atoms with Crippen molar-refractivity contribution < 1.29 is 0 Å². The van der Waals surface area contributed by atoms with Crippen LogP contribution in [0.25, 0.3) is 0 Å². The van der Waals surface area contributed by atoms with Gasteiger partial charge in [-0.05, 0) is 52.8 Å². The van der Waals surface area contributed by atoms with Gasteiger partial charge in [-0.25, -0.2) is 0 Å². The molecule has 1 heterocycles. The van der Waals surface area contributed by atoms with E-state index in [0.717, 1.165) is 18.5 Å². The van der Waals surface area contributed by atoms with Crippen LogP contribution in [0.4, 0.5) is 0 Å². The van der Waals surface area contributed by atoms with E-state index < -0.39 is 0 Å². The maximum absolute atomic E-state index is 5.71. The lowest BCUT2D eigenvalue weighted by Gasteiger charge is -2.16. The number of aryl methyl sites for hydroxylation is 2. The van der Waals surface area contributed by atoms with Crippen molar-refractivity contribution in [3.63, 3.8) is 0 Å². The fourth-order valence-corrected chi connectivity index (χ4v) is 2.71. The highest BCUT2D eigenvalue weighted by Crippen LogP contribution is 2.20. The first-order valence-corrected chi connectivity index (χ1v) is 7.45. The third-order valence-electron chi connectivity index (χ3n) is 3.26. The monoisotopic (exact) mass is 370 g/mol. The van der Waals surface area contributed by atoms with Gasteiger partial charge in [0, 0.05) is 22.7 Å². The number of nitrogens with two attached hydrogens (primary N) is 1. The summed E-state index contributed by atoms with van der Waals surface area (Å²) in [5.41, 5.74) is 6.42. The van der Waals surface area contributed by atoms with E-state index in [1.807, 2.05) is 11.7 Å². The van der Waals surface area contributed by atoms with Crippen LogP contribution < -0.4 is 11.3 Å². The molecule has 2 aromatic rings. The Morgan fingerprint density at radius 3 is 2.79 bits per heavy atom. The Kier molecular flexibility index (Phi) is 4.95. The number of aromatic nitrogens is 2. The van der Waals surface area contributed by atoms with Gasteiger partial charge in [0.2, 0.25) is 0 Å². The van der Waals surface area contributed by atoms with Crippen molar-refractivity contribution >= 4 is 22.6 Å². The number of rotatable bonds is 5. The summed E-state index contributed by atoms with van der Waals surface area (Å²) in [5, 5.41) is 4.47. The molecule has 0 saturated carbocycles. The molecule has 0 aliphatic rings. The maximum Gasteiger partial charge on any atom is 0.0624 e. The van der Waals surface area contributed by atoms with Crippen molar-refractivity contribution in [3.8, 4) is 0 Å². The van der Waals surface area contributed by atoms with Crippen molar-refractivity contribution in [2.75, 3.05) is 0 Å². The van der Waals surface area contributed by atoms with E-state index in [9.17, 15) is 0 Å². The van der Waals surface area contributed by atoms with Gasteiger partial charge in [0.05, 0.1) is 11.7 Å². The van der Waals surface area contributed by atoms with Gasteiger partial charge >= 0.3 is 0 Å². The minimum atomic E-state index is 0.106.